The van der Waals surface area contributed by atoms with E-state index in [1.165, 1.54) is 13.2 Å². The first-order valence-electron chi connectivity index (χ1n) is 5.09. The van der Waals surface area contributed by atoms with Crippen molar-refractivity contribution in [1.29, 1.82) is 0 Å². The molecule has 0 fully saturated rings. The smallest absolute Gasteiger partial charge is 0.305 e. The third kappa shape index (κ3) is 4.36. The van der Waals surface area contributed by atoms with E-state index in [0.717, 1.165) is 0 Å². The Kier molecular flexibility index (Phi) is 5.45. The zero-order chi connectivity index (χ0) is 12.8. The van der Waals surface area contributed by atoms with Crippen LogP contribution < -0.4 is 0 Å². The van der Waals surface area contributed by atoms with Crippen molar-refractivity contribution in [2.45, 2.75) is 19.3 Å². The summed E-state index contributed by atoms with van der Waals surface area (Å²) in [5.74, 6) is -0.448. The van der Waals surface area contributed by atoms with Crippen LogP contribution in [0.2, 0.25) is 10.0 Å². The fourth-order valence-electron chi connectivity index (χ4n) is 1.34. The summed E-state index contributed by atoms with van der Waals surface area (Å²) in [6, 6.07) is 4.73. The third-order valence-electron chi connectivity index (χ3n) is 2.24. The quantitative estimate of drug-likeness (QED) is 0.610. The molecule has 1 aromatic carbocycles. The Bertz CT molecular complexity index is 430. The standard InChI is InChI=1S/C12H12Cl2O3/c1-17-12(16)4-2-3-11(15)9-7-8(13)5-6-10(9)14/h5-7H,2-4H2,1H3. The Morgan fingerprint density at radius 3 is 2.59 bits per heavy atom. The van der Waals surface area contributed by atoms with E-state index in [2.05, 4.69) is 4.74 Å². The first kappa shape index (κ1) is 14.0. The van der Waals surface area contributed by atoms with Gasteiger partial charge in [0.2, 0.25) is 0 Å². The number of Topliss-reactive ketones (excluding diaryl/α,β-unsaturated/α-hetero) is 1. The molecule has 92 valence electrons. The maximum atomic E-state index is 11.8. The molecule has 0 aromatic heterocycles. The number of hydrogen-bond acceptors (Lipinski definition) is 3. The normalized spacial score (nSPS) is 10.1. The van der Waals surface area contributed by atoms with Crippen molar-refractivity contribution < 1.29 is 14.3 Å². The summed E-state index contributed by atoms with van der Waals surface area (Å²) in [7, 11) is 1.32. The number of carbonyl (C=O) groups excluding carboxylic acids is 2. The van der Waals surface area contributed by atoms with Crippen molar-refractivity contribution in [3.8, 4) is 0 Å². The molecule has 0 N–H and O–H groups in total. The van der Waals surface area contributed by atoms with Gasteiger partial charge in [0.05, 0.1) is 12.1 Å². The molecule has 0 heterocycles. The van der Waals surface area contributed by atoms with Gasteiger partial charge in [-0.25, -0.2) is 0 Å². The monoisotopic (exact) mass is 274 g/mol. The van der Waals surface area contributed by atoms with E-state index in [0.29, 0.717) is 22.0 Å². The van der Waals surface area contributed by atoms with Crippen LogP contribution in [0.4, 0.5) is 0 Å². The van der Waals surface area contributed by atoms with Gasteiger partial charge in [-0.15, -0.1) is 0 Å². The number of ketones is 1. The fraction of sp³-hybridized carbons (Fsp3) is 0.333. The molecule has 1 rings (SSSR count). The largest absolute Gasteiger partial charge is 0.469 e. The highest BCUT2D eigenvalue weighted by Crippen LogP contribution is 2.22. The molecule has 0 spiro atoms. The molecule has 1 aromatic rings. The molecule has 0 aliphatic heterocycles. The Morgan fingerprint density at radius 1 is 1.24 bits per heavy atom. The molecule has 0 saturated carbocycles. The Morgan fingerprint density at radius 2 is 1.94 bits per heavy atom. The van der Waals surface area contributed by atoms with Crippen LogP contribution in [0.3, 0.4) is 0 Å². The lowest BCUT2D eigenvalue weighted by Crippen LogP contribution is -2.04. The highest BCUT2D eigenvalue weighted by Gasteiger charge is 2.11. The van der Waals surface area contributed by atoms with Crippen LogP contribution in [-0.2, 0) is 9.53 Å². The van der Waals surface area contributed by atoms with Gasteiger partial charge in [0, 0.05) is 23.4 Å². The van der Waals surface area contributed by atoms with Gasteiger partial charge in [0.15, 0.2) is 5.78 Å². The summed E-state index contributed by atoms with van der Waals surface area (Å²) in [6.07, 6.45) is 0.907. The summed E-state index contributed by atoms with van der Waals surface area (Å²) >= 11 is 11.7. The summed E-state index contributed by atoms with van der Waals surface area (Å²) in [4.78, 5) is 22.7. The van der Waals surface area contributed by atoms with Gasteiger partial charge in [0.1, 0.15) is 0 Å². The number of halogens is 2. The maximum Gasteiger partial charge on any atom is 0.305 e. The van der Waals surface area contributed by atoms with Crippen LogP contribution in [0, 0.1) is 0 Å². The highest BCUT2D eigenvalue weighted by atomic mass is 35.5. The number of carbonyl (C=O) groups is 2. The fourth-order valence-corrected chi connectivity index (χ4v) is 1.74. The molecule has 0 amide bonds. The molecule has 0 unspecified atom stereocenters. The average Bonchev–Trinajstić information content (AvgIpc) is 2.31. The van der Waals surface area contributed by atoms with Gasteiger partial charge in [-0.2, -0.15) is 0 Å². The highest BCUT2D eigenvalue weighted by molar-refractivity contribution is 6.35. The molecule has 0 atom stereocenters. The number of rotatable bonds is 5. The molecular weight excluding hydrogens is 263 g/mol. The first-order chi connectivity index (χ1) is 8.04. The van der Waals surface area contributed by atoms with Crippen LogP contribution in [-0.4, -0.2) is 18.9 Å². The molecule has 17 heavy (non-hydrogen) atoms. The van der Waals surface area contributed by atoms with Crippen LogP contribution in [0.15, 0.2) is 18.2 Å². The minimum Gasteiger partial charge on any atom is -0.469 e. The van der Waals surface area contributed by atoms with Crippen LogP contribution in [0.1, 0.15) is 29.6 Å². The number of benzene rings is 1. The molecule has 0 aliphatic carbocycles. The second-order valence-electron chi connectivity index (χ2n) is 3.48. The van der Waals surface area contributed by atoms with E-state index in [1.807, 2.05) is 0 Å². The third-order valence-corrected chi connectivity index (χ3v) is 2.81. The molecule has 5 heteroatoms. The predicted octanol–water partition coefficient (Wildman–Crippen LogP) is 3.52. The van der Waals surface area contributed by atoms with Crippen molar-refractivity contribution in [2.24, 2.45) is 0 Å². The van der Waals surface area contributed by atoms with Crippen LogP contribution in [0.25, 0.3) is 0 Å². The zero-order valence-electron chi connectivity index (χ0n) is 9.33. The molecule has 3 nitrogen and oxygen atoms in total. The summed E-state index contributed by atoms with van der Waals surface area (Å²) in [5, 5.41) is 0.836. The lowest BCUT2D eigenvalue weighted by molar-refractivity contribution is -0.140. The van der Waals surface area contributed by atoms with E-state index in [9.17, 15) is 9.59 Å². The van der Waals surface area contributed by atoms with E-state index in [4.69, 9.17) is 23.2 Å². The van der Waals surface area contributed by atoms with Gasteiger partial charge >= 0.3 is 5.97 Å². The van der Waals surface area contributed by atoms with Crippen LogP contribution >= 0.6 is 23.2 Å². The predicted molar refractivity (Wildman–Crippen MR) is 66.7 cm³/mol. The lowest BCUT2D eigenvalue weighted by Gasteiger charge is -2.04. The Labute approximate surface area is 110 Å². The first-order valence-corrected chi connectivity index (χ1v) is 5.85. The van der Waals surface area contributed by atoms with E-state index in [-0.39, 0.29) is 24.6 Å². The topological polar surface area (TPSA) is 43.4 Å². The van der Waals surface area contributed by atoms with Crippen molar-refractivity contribution in [2.75, 3.05) is 7.11 Å². The SMILES string of the molecule is COC(=O)CCCC(=O)c1cc(Cl)ccc1Cl. The molecule has 0 aliphatic rings. The number of hydrogen-bond donors (Lipinski definition) is 0. The maximum absolute atomic E-state index is 11.8. The van der Waals surface area contributed by atoms with E-state index < -0.39 is 0 Å². The van der Waals surface area contributed by atoms with Crippen molar-refractivity contribution >= 4 is 35.0 Å². The molecule has 0 bridgehead atoms. The minimum atomic E-state index is -0.324. The number of ether oxygens (including phenoxy) is 1. The second kappa shape index (κ2) is 6.62. The minimum absolute atomic E-state index is 0.124. The lowest BCUT2D eigenvalue weighted by atomic mass is 10.1. The van der Waals surface area contributed by atoms with Crippen LogP contribution in [0.5, 0.6) is 0 Å². The second-order valence-corrected chi connectivity index (χ2v) is 4.32. The summed E-state index contributed by atoms with van der Waals surface area (Å²) in [6.45, 7) is 0. The van der Waals surface area contributed by atoms with E-state index in [1.54, 1.807) is 12.1 Å². The Balaban J connectivity index is 2.58. The van der Waals surface area contributed by atoms with Gasteiger partial charge in [-0.3, -0.25) is 9.59 Å². The molecule has 0 radical (unpaired) electrons. The van der Waals surface area contributed by atoms with Crippen molar-refractivity contribution in [3.63, 3.8) is 0 Å². The van der Waals surface area contributed by atoms with Gasteiger partial charge in [-0.1, -0.05) is 23.2 Å². The summed E-state index contributed by atoms with van der Waals surface area (Å²) in [5.41, 5.74) is 0.393. The van der Waals surface area contributed by atoms with E-state index >= 15 is 0 Å². The molecular formula is C12H12Cl2O3. The van der Waals surface area contributed by atoms with Crippen molar-refractivity contribution in [3.05, 3.63) is 33.8 Å². The Hall–Kier alpha value is -1.06. The average molecular weight is 275 g/mol. The van der Waals surface area contributed by atoms with Crippen molar-refractivity contribution in [1.82, 2.24) is 0 Å². The zero-order valence-corrected chi connectivity index (χ0v) is 10.8. The number of esters is 1. The van der Waals surface area contributed by atoms with Gasteiger partial charge < -0.3 is 4.74 Å². The molecule has 0 saturated heterocycles. The number of methoxy groups -OCH3 is 1. The van der Waals surface area contributed by atoms with Gasteiger partial charge in [-0.05, 0) is 24.6 Å². The van der Waals surface area contributed by atoms with Gasteiger partial charge in [0.25, 0.3) is 0 Å². The summed E-state index contributed by atoms with van der Waals surface area (Å²) < 4.78 is 4.48.